The summed E-state index contributed by atoms with van der Waals surface area (Å²) < 4.78 is 1.44. The van der Waals surface area contributed by atoms with Crippen molar-refractivity contribution in [2.45, 2.75) is 17.3 Å². The second-order valence-electron chi connectivity index (χ2n) is 5.86. The van der Waals surface area contributed by atoms with Crippen LogP contribution in [0.2, 0.25) is 5.02 Å². The summed E-state index contributed by atoms with van der Waals surface area (Å²) in [6, 6.07) is 13.2. The number of rotatable bonds is 4. The van der Waals surface area contributed by atoms with Gasteiger partial charge in [-0.1, -0.05) is 35.5 Å². The second kappa shape index (κ2) is 8.45. The van der Waals surface area contributed by atoms with Gasteiger partial charge in [-0.15, -0.1) is 0 Å². The highest BCUT2D eigenvalue weighted by Crippen LogP contribution is 2.25. The van der Waals surface area contributed by atoms with Crippen LogP contribution >= 0.6 is 23.4 Å². The molecule has 0 radical (unpaired) electrons. The van der Waals surface area contributed by atoms with Gasteiger partial charge in [0.25, 0.3) is 5.56 Å². The van der Waals surface area contributed by atoms with Gasteiger partial charge in [0.15, 0.2) is 5.16 Å². The van der Waals surface area contributed by atoms with Gasteiger partial charge in [-0.3, -0.25) is 19.5 Å². The van der Waals surface area contributed by atoms with Crippen LogP contribution in [0, 0.1) is 0 Å². The first-order valence-electron chi connectivity index (χ1n) is 8.37. The highest BCUT2D eigenvalue weighted by atomic mass is 35.5. The summed E-state index contributed by atoms with van der Waals surface area (Å²) >= 11 is 7.05. The van der Waals surface area contributed by atoms with E-state index in [1.54, 1.807) is 55.5 Å². The SMILES string of the molecule is CNC(=O)NC(=O)C(C)Sc1nc2ccccc2c(=O)n1-c1ccc(Cl)cc1. The van der Waals surface area contributed by atoms with Crippen molar-refractivity contribution in [1.82, 2.24) is 20.2 Å². The monoisotopic (exact) mass is 416 g/mol. The van der Waals surface area contributed by atoms with Crippen molar-refractivity contribution < 1.29 is 9.59 Å². The molecule has 3 amide bonds. The zero-order chi connectivity index (χ0) is 20.3. The molecule has 0 spiro atoms. The average Bonchev–Trinajstić information content (AvgIpc) is 2.69. The van der Waals surface area contributed by atoms with Crippen molar-refractivity contribution in [2.75, 3.05) is 7.05 Å². The third-order valence-electron chi connectivity index (χ3n) is 3.94. The Morgan fingerprint density at radius 1 is 1.14 bits per heavy atom. The minimum atomic E-state index is -0.663. The highest BCUT2D eigenvalue weighted by Gasteiger charge is 2.21. The van der Waals surface area contributed by atoms with Crippen molar-refractivity contribution in [3.05, 3.63) is 63.9 Å². The number of urea groups is 1. The summed E-state index contributed by atoms with van der Waals surface area (Å²) in [6.45, 7) is 1.64. The number of amides is 3. The minimum Gasteiger partial charge on any atom is -0.341 e. The zero-order valence-corrected chi connectivity index (χ0v) is 16.7. The number of hydrogen-bond donors (Lipinski definition) is 2. The summed E-state index contributed by atoms with van der Waals surface area (Å²) in [5.74, 6) is -0.491. The maximum Gasteiger partial charge on any atom is 0.321 e. The van der Waals surface area contributed by atoms with E-state index in [-0.39, 0.29) is 5.56 Å². The van der Waals surface area contributed by atoms with Gasteiger partial charge < -0.3 is 5.32 Å². The first-order valence-corrected chi connectivity index (χ1v) is 9.63. The molecular weight excluding hydrogens is 400 g/mol. The van der Waals surface area contributed by atoms with Crippen LogP contribution < -0.4 is 16.2 Å². The molecule has 0 fully saturated rings. The second-order valence-corrected chi connectivity index (χ2v) is 7.60. The van der Waals surface area contributed by atoms with Crippen LogP contribution in [0.25, 0.3) is 16.6 Å². The zero-order valence-electron chi connectivity index (χ0n) is 15.1. The van der Waals surface area contributed by atoms with Gasteiger partial charge >= 0.3 is 6.03 Å². The van der Waals surface area contributed by atoms with E-state index < -0.39 is 17.2 Å². The largest absolute Gasteiger partial charge is 0.341 e. The lowest BCUT2D eigenvalue weighted by atomic mass is 10.2. The maximum atomic E-state index is 13.1. The van der Waals surface area contributed by atoms with Crippen molar-refractivity contribution in [3.8, 4) is 5.69 Å². The summed E-state index contributed by atoms with van der Waals surface area (Å²) in [7, 11) is 1.42. The van der Waals surface area contributed by atoms with E-state index in [2.05, 4.69) is 15.6 Å². The van der Waals surface area contributed by atoms with Gasteiger partial charge in [-0.05, 0) is 43.3 Å². The Balaban J connectivity index is 2.08. The van der Waals surface area contributed by atoms with Crippen LogP contribution in [0.4, 0.5) is 4.79 Å². The standard InChI is InChI=1S/C19H17ClN4O3S/c1-11(16(25)23-18(27)21-2)28-19-22-15-6-4-3-5-14(15)17(26)24(19)13-9-7-12(20)8-10-13/h3-11H,1-2H3,(H2,21,23,25,27). The predicted octanol–water partition coefficient (Wildman–Crippen LogP) is 2.98. The molecule has 1 heterocycles. The lowest BCUT2D eigenvalue weighted by Gasteiger charge is -2.16. The number of fused-ring (bicyclic) bond motifs is 1. The summed E-state index contributed by atoms with van der Waals surface area (Å²) in [5.41, 5.74) is 0.850. The number of thioether (sulfide) groups is 1. The molecule has 0 saturated carbocycles. The quantitative estimate of drug-likeness (QED) is 0.503. The average molecular weight is 417 g/mol. The van der Waals surface area contributed by atoms with Crippen molar-refractivity contribution >= 4 is 46.2 Å². The van der Waals surface area contributed by atoms with Gasteiger partial charge in [0.1, 0.15) is 0 Å². The Labute approximate surface area is 170 Å². The van der Waals surface area contributed by atoms with E-state index in [1.165, 1.54) is 11.6 Å². The van der Waals surface area contributed by atoms with Gasteiger partial charge in [0, 0.05) is 12.1 Å². The van der Waals surface area contributed by atoms with Gasteiger partial charge in [-0.2, -0.15) is 0 Å². The molecule has 3 aromatic rings. The lowest BCUT2D eigenvalue weighted by molar-refractivity contribution is -0.119. The van der Waals surface area contributed by atoms with Crippen molar-refractivity contribution in [1.29, 1.82) is 0 Å². The molecule has 1 atom stereocenters. The van der Waals surface area contributed by atoms with Crippen molar-refractivity contribution in [3.63, 3.8) is 0 Å². The van der Waals surface area contributed by atoms with E-state index >= 15 is 0 Å². The molecule has 3 rings (SSSR count). The lowest BCUT2D eigenvalue weighted by Crippen LogP contribution is -2.41. The molecule has 0 aliphatic carbocycles. The first kappa shape index (κ1) is 19.9. The number of para-hydroxylation sites is 1. The van der Waals surface area contributed by atoms with E-state index in [1.807, 2.05) is 0 Å². The molecule has 0 aliphatic rings. The molecule has 28 heavy (non-hydrogen) atoms. The van der Waals surface area contributed by atoms with Crippen LogP contribution in [0.15, 0.2) is 58.5 Å². The van der Waals surface area contributed by atoms with Crippen LogP contribution in [0.1, 0.15) is 6.92 Å². The smallest absolute Gasteiger partial charge is 0.321 e. The Kier molecular flexibility index (Phi) is 6.01. The Morgan fingerprint density at radius 3 is 2.50 bits per heavy atom. The molecule has 1 aromatic heterocycles. The number of hydrogen-bond acceptors (Lipinski definition) is 5. The molecule has 9 heteroatoms. The molecule has 7 nitrogen and oxygen atoms in total. The number of nitrogens with one attached hydrogen (secondary N) is 2. The normalized spacial score (nSPS) is 11.8. The Hall–Kier alpha value is -2.84. The van der Waals surface area contributed by atoms with Crippen LogP contribution in [0.5, 0.6) is 0 Å². The number of halogens is 1. The van der Waals surface area contributed by atoms with Gasteiger partial charge in [0.05, 0.1) is 21.8 Å². The molecule has 0 aliphatic heterocycles. The van der Waals surface area contributed by atoms with Crippen LogP contribution in [-0.4, -0.2) is 33.8 Å². The van der Waals surface area contributed by atoms with Gasteiger partial charge in [0.2, 0.25) is 5.91 Å². The summed E-state index contributed by atoms with van der Waals surface area (Å²) in [6.07, 6.45) is 0. The molecular formula is C19H17ClN4O3S. The number of benzene rings is 2. The fraction of sp³-hybridized carbons (Fsp3) is 0.158. The Morgan fingerprint density at radius 2 is 1.82 bits per heavy atom. The molecule has 2 N–H and O–H groups in total. The highest BCUT2D eigenvalue weighted by molar-refractivity contribution is 8.00. The summed E-state index contributed by atoms with van der Waals surface area (Å²) in [4.78, 5) is 41.3. The third kappa shape index (κ3) is 4.18. The van der Waals surface area contributed by atoms with E-state index in [0.717, 1.165) is 11.8 Å². The molecule has 0 bridgehead atoms. The predicted molar refractivity (Wildman–Crippen MR) is 110 cm³/mol. The number of carbonyl (C=O) groups is 2. The number of imide groups is 1. The molecule has 2 aromatic carbocycles. The molecule has 0 saturated heterocycles. The van der Waals surface area contributed by atoms with Gasteiger partial charge in [-0.25, -0.2) is 9.78 Å². The van der Waals surface area contributed by atoms with Crippen LogP contribution in [-0.2, 0) is 4.79 Å². The maximum absolute atomic E-state index is 13.1. The number of carbonyl (C=O) groups excluding carboxylic acids is 2. The topological polar surface area (TPSA) is 93.1 Å². The minimum absolute atomic E-state index is 0.255. The fourth-order valence-electron chi connectivity index (χ4n) is 2.50. The van der Waals surface area contributed by atoms with E-state index in [9.17, 15) is 14.4 Å². The van der Waals surface area contributed by atoms with Crippen LogP contribution in [0.3, 0.4) is 0 Å². The molecule has 1 unspecified atom stereocenters. The Bertz CT molecular complexity index is 1100. The number of nitrogens with zero attached hydrogens (tertiary/aromatic N) is 2. The molecule has 144 valence electrons. The summed E-state index contributed by atoms with van der Waals surface area (Å²) in [5, 5.41) is 5.23. The van der Waals surface area contributed by atoms with E-state index in [0.29, 0.717) is 26.8 Å². The first-order chi connectivity index (χ1) is 13.4. The fourth-order valence-corrected chi connectivity index (χ4v) is 3.55. The van der Waals surface area contributed by atoms with Crippen molar-refractivity contribution in [2.24, 2.45) is 0 Å². The van der Waals surface area contributed by atoms with E-state index in [4.69, 9.17) is 11.6 Å². The third-order valence-corrected chi connectivity index (χ3v) is 5.25. The number of aromatic nitrogens is 2.